The zero-order valence-electron chi connectivity index (χ0n) is 15.1. The minimum Gasteiger partial charge on any atom is -0.488 e. The van der Waals surface area contributed by atoms with Crippen molar-refractivity contribution in [1.29, 1.82) is 0 Å². The van der Waals surface area contributed by atoms with Crippen molar-refractivity contribution in [3.63, 3.8) is 0 Å². The van der Waals surface area contributed by atoms with Gasteiger partial charge in [-0.25, -0.2) is 4.39 Å². The molecule has 0 amide bonds. The molecule has 28 heavy (non-hydrogen) atoms. The largest absolute Gasteiger partial charge is 0.488 e. The molecule has 3 nitrogen and oxygen atoms in total. The summed E-state index contributed by atoms with van der Waals surface area (Å²) < 4.78 is 20.9. The van der Waals surface area contributed by atoms with Gasteiger partial charge in [-0.1, -0.05) is 48.0 Å². The Labute approximate surface area is 168 Å². The monoisotopic (exact) mass is 392 g/mol. The molecule has 0 aliphatic rings. The average Bonchev–Trinajstić information content (AvgIpc) is 3.18. The molecule has 1 heterocycles. The van der Waals surface area contributed by atoms with Crippen molar-refractivity contribution < 1.29 is 9.13 Å². The molecule has 0 N–H and O–H groups in total. The normalized spacial score (nSPS) is 10.8. The van der Waals surface area contributed by atoms with Gasteiger partial charge < -0.3 is 4.74 Å². The first-order valence-corrected chi connectivity index (χ1v) is 9.30. The van der Waals surface area contributed by atoms with E-state index in [-0.39, 0.29) is 5.82 Å². The van der Waals surface area contributed by atoms with Crippen LogP contribution in [0.1, 0.15) is 11.1 Å². The number of nitrogens with zero attached hydrogens (tertiary/aromatic N) is 2. The minimum atomic E-state index is -0.254. The highest BCUT2D eigenvalue weighted by Gasteiger charge is 2.10. The fourth-order valence-electron chi connectivity index (χ4n) is 2.92. The van der Waals surface area contributed by atoms with E-state index < -0.39 is 0 Å². The Morgan fingerprint density at radius 2 is 1.57 bits per heavy atom. The summed E-state index contributed by atoms with van der Waals surface area (Å²) in [6, 6.07) is 23.8. The van der Waals surface area contributed by atoms with Gasteiger partial charge in [0.05, 0.1) is 12.2 Å². The van der Waals surface area contributed by atoms with E-state index in [4.69, 9.17) is 16.3 Å². The second kappa shape index (κ2) is 8.28. The zero-order chi connectivity index (χ0) is 19.3. The molecule has 0 aliphatic carbocycles. The SMILES string of the molecule is Fc1ccc(COc2ccccc2-c2ccn(Cc3ccc(Cl)cc3)n2)cc1. The van der Waals surface area contributed by atoms with Crippen molar-refractivity contribution >= 4 is 11.6 Å². The van der Waals surface area contributed by atoms with Gasteiger partial charge in [-0.05, 0) is 53.6 Å². The fraction of sp³-hybridized carbons (Fsp3) is 0.0870. The van der Waals surface area contributed by atoms with E-state index in [2.05, 4.69) is 5.10 Å². The summed E-state index contributed by atoms with van der Waals surface area (Å²) in [6.45, 7) is 1.03. The summed E-state index contributed by atoms with van der Waals surface area (Å²) in [5.41, 5.74) is 3.78. The Kier molecular flexibility index (Phi) is 5.40. The highest BCUT2D eigenvalue weighted by atomic mass is 35.5. The number of benzene rings is 3. The van der Waals surface area contributed by atoms with Crippen molar-refractivity contribution in [3.05, 3.63) is 107 Å². The molecular formula is C23H18ClFN2O. The summed E-state index contributed by atoms with van der Waals surface area (Å²) >= 11 is 5.94. The van der Waals surface area contributed by atoms with Gasteiger partial charge in [0.25, 0.3) is 0 Å². The van der Waals surface area contributed by atoms with Crippen LogP contribution in [-0.4, -0.2) is 9.78 Å². The van der Waals surface area contributed by atoms with Crippen LogP contribution in [0.4, 0.5) is 4.39 Å². The molecule has 0 saturated carbocycles. The molecule has 0 atom stereocenters. The summed E-state index contributed by atoms with van der Waals surface area (Å²) in [7, 11) is 0. The summed E-state index contributed by atoms with van der Waals surface area (Å²) in [5, 5.41) is 5.40. The lowest BCUT2D eigenvalue weighted by Gasteiger charge is -2.10. The quantitative estimate of drug-likeness (QED) is 0.404. The van der Waals surface area contributed by atoms with E-state index >= 15 is 0 Å². The predicted molar refractivity (Wildman–Crippen MR) is 109 cm³/mol. The van der Waals surface area contributed by atoms with Gasteiger partial charge in [0.15, 0.2) is 0 Å². The molecule has 0 aliphatic heterocycles. The molecule has 4 aromatic rings. The van der Waals surface area contributed by atoms with E-state index in [0.717, 1.165) is 33.2 Å². The Balaban J connectivity index is 1.50. The Morgan fingerprint density at radius 1 is 0.857 bits per heavy atom. The molecule has 0 radical (unpaired) electrons. The first-order chi connectivity index (χ1) is 13.7. The van der Waals surface area contributed by atoms with Crippen LogP contribution in [0.15, 0.2) is 85.1 Å². The maximum atomic E-state index is 13.1. The van der Waals surface area contributed by atoms with Crippen LogP contribution in [0.3, 0.4) is 0 Å². The zero-order valence-corrected chi connectivity index (χ0v) is 15.8. The topological polar surface area (TPSA) is 27.1 Å². The van der Waals surface area contributed by atoms with Crippen LogP contribution in [-0.2, 0) is 13.2 Å². The first kappa shape index (κ1) is 18.3. The second-order valence-corrected chi connectivity index (χ2v) is 6.87. The van der Waals surface area contributed by atoms with Gasteiger partial charge in [-0.3, -0.25) is 4.68 Å². The molecule has 5 heteroatoms. The third-order valence-corrected chi connectivity index (χ3v) is 4.62. The number of rotatable bonds is 6. The maximum Gasteiger partial charge on any atom is 0.129 e. The number of aromatic nitrogens is 2. The van der Waals surface area contributed by atoms with Gasteiger partial charge in [0.2, 0.25) is 0 Å². The summed E-state index contributed by atoms with van der Waals surface area (Å²) in [6.07, 6.45) is 1.95. The van der Waals surface area contributed by atoms with Crippen molar-refractivity contribution in [2.45, 2.75) is 13.2 Å². The van der Waals surface area contributed by atoms with Crippen LogP contribution < -0.4 is 4.74 Å². The molecule has 0 spiro atoms. The first-order valence-electron chi connectivity index (χ1n) is 8.92. The van der Waals surface area contributed by atoms with Crippen molar-refractivity contribution in [1.82, 2.24) is 9.78 Å². The van der Waals surface area contributed by atoms with Gasteiger partial charge in [-0.2, -0.15) is 5.10 Å². The molecule has 4 rings (SSSR count). The Hall–Kier alpha value is -3.11. The molecular weight excluding hydrogens is 375 g/mol. The van der Waals surface area contributed by atoms with Crippen LogP contribution in [0.25, 0.3) is 11.3 Å². The van der Waals surface area contributed by atoms with Crippen LogP contribution in [0.5, 0.6) is 5.75 Å². The van der Waals surface area contributed by atoms with Crippen LogP contribution in [0, 0.1) is 5.82 Å². The number of halogens is 2. The number of para-hydroxylation sites is 1. The van der Waals surface area contributed by atoms with E-state index in [0.29, 0.717) is 13.2 Å². The maximum absolute atomic E-state index is 13.1. The van der Waals surface area contributed by atoms with Crippen LogP contribution >= 0.6 is 11.6 Å². The molecule has 140 valence electrons. The van der Waals surface area contributed by atoms with Gasteiger partial charge >= 0.3 is 0 Å². The number of hydrogen-bond donors (Lipinski definition) is 0. The van der Waals surface area contributed by atoms with Crippen molar-refractivity contribution in [2.24, 2.45) is 0 Å². The molecule has 3 aromatic carbocycles. The summed E-state index contributed by atoms with van der Waals surface area (Å²) in [5.74, 6) is 0.485. The molecule has 0 saturated heterocycles. The number of hydrogen-bond acceptors (Lipinski definition) is 2. The van der Waals surface area contributed by atoms with E-state index in [1.165, 1.54) is 12.1 Å². The van der Waals surface area contributed by atoms with Crippen molar-refractivity contribution in [2.75, 3.05) is 0 Å². The third-order valence-electron chi connectivity index (χ3n) is 4.37. The lowest BCUT2D eigenvalue weighted by Crippen LogP contribution is -2.01. The lowest BCUT2D eigenvalue weighted by atomic mass is 10.1. The predicted octanol–water partition coefficient (Wildman–Crippen LogP) is 5.97. The molecule has 0 bridgehead atoms. The summed E-state index contributed by atoms with van der Waals surface area (Å²) in [4.78, 5) is 0. The Morgan fingerprint density at radius 3 is 2.36 bits per heavy atom. The van der Waals surface area contributed by atoms with Gasteiger partial charge in [0.1, 0.15) is 18.2 Å². The van der Waals surface area contributed by atoms with E-state index in [1.807, 2.05) is 65.5 Å². The van der Waals surface area contributed by atoms with Gasteiger partial charge in [-0.15, -0.1) is 0 Å². The Bertz CT molecular complexity index is 1060. The fourth-order valence-corrected chi connectivity index (χ4v) is 3.04. The highest BCUT2D eigenvalue weighted by molar-refractivity contribution is 6.30. The molecule has 1 aromatic heterocycles. The van der Waals surface area contributed by atoms with E-state index in [1.54, 1.807) is 12.1 Å². The molecule has 0 fully saturated rings. The smallest absolute Gasteiger partial charge is 0.129 e. The van der Waals surface area contributed by atoms with Gasteiger partial charge in [0, 0.05) is 16.8 Å². The third kappa shape index (κ3) is 4.41. The highest BCUT2D eigenvalue weighted by Crippen LogP contribution is 2.29. The average molecular weight is 393 g/mol. The molecule has 0 unspecified atom stereocenters. The lowest BCUT2D eigenvalue weighted by molar-refractivity contribution is 0.307. The number of ether oxygens (including phenoxy) is 1. The second-order valence-electron chi connectivity index (χ2n) is 6.44. The standard InChI is InChI=1S/C23H18ClFN2O/c24-19-9-5-17(6-10-19)15-27-14-13-22(26-27)21-3-1-2-4-23(21)28-16-18-7-11-20(25)12-8-18/h1-14H,15-16H2. The minimum absolute atomic E-state index is 0.254. The van der Waals surface area contributed by atoms with Crippen LogP contribution in [0.2, 0.25) is 5.02 Å². The van der Waals surface area contributed by atoms with Crippen molar-refractivity contribution in [3.8, 4) is 17.0 Å². The van der Waals surface area contributed by atoms with E-state index in [9.17, 15) is 4.39 Å².